The lowest BCUT2D eigenvalue weighted by atomic mass is 10.0. The molecule has 0 saturated carbocycles. The number of nitrogens with zero attached hydrogens (tertiary/aromatic N) is 3. The molecule has 2 heterocycles. The molecule has 0 unspecified atom stereocenters. The fraction of sp³-hybridized carbons (Fsp3) is 0.333. The van der Waals surface area contributed by atoms with Gasteiger partial charge < -0.3 is 4.90 Å². The van der Waals surface area contributed by atoms with Gasteiger partial charge in [0.05, 0.1) is 17.3 Å². The number of carbonyl (C=O) groups excluding carboxylic acids is 1. The van der Waals surface area contributed by atoms with E-state index in [1.165, 1.54) is 23.0 Å². The zero-order valence-electron chi connectivity index (χ0n) is 11.6. The summed E-state index contributed by atoms with van der Waals surface area (Å²) < 4.78 is 14.5. The molecule has 1 saturated heterocycles. The van der Waals surface area contributed by atoms with Gasteiger partial charge in [-0.3, -0.25) is 9.48 Å². The van der Waals surface area contributed by atoms with E-state index in [9.17, 15) is 9.18 Å². The first-order chi connectivity index (χ1) is 10.1. The number of carbonyl (C=O) groups is 1. The van der Waals surface area contributed by atoms with Crippen LogP contribution < -0.4 is 0 Å². The number of amides is 1. The number of aryl methyl sites for hydroxylation is 1. The molecule has 1 aliphatic heterocycles. The first kappa shape index (κ1) is 14.1. The molecule has 6 heteroatoms. The van der Waals surface area contributed by atoms with Crippen LogP contribution in [0.25, 0.3) is 0 Å². The third-order valence-corrected chi connectivity index (χ3v) is 4.14. The fourth-order valence-corrected chi connectivity index (χ4v) is 3.08. The lowest BCUT2D eigenvalue weighted by Crippen LogP contribution is -2.32. The molecular weight excluding hydrogens is 293 g/mol. The van der Waals surface area contributed by atoms with Crippen molar-refractivity contribution in [1.82, 2.24) is 14.7 Å². The van der Waals surface area contributed by atoms with E-state index in [4.69, 9.17) is 11.6 Å². The van der Waals surface area contributed by atoms with E-state index in [-0.39, 0.29) is 17.8 Å². The minimum atomic E-state index is -0.274. The molecule has 0 spiro atoms. The zero-order chi connectivity index (χ0) is 15.0. The molecule has 1 fully saturated rings. The Morgan fingerprint density at radius 3 is 2.71 bits per heavy atom. The number of rotatable bonds is 2. The fourth-order valence-electron chi connectivity index (χ4n) is 2.83. The van der Waals surface area contributed by atoms with Crippen molar-refractivity contribution >= 4 is 17.5 Å². The van der Waals surface area contributed by atoms with Gasteiger partial charge in [-0.25, -0.2) is 4.39 Å². The van der Waals surface area contributed by atoms with Crippen molar-refractivity contribution in [3.8, 4) is 0 Å². The van der Waals surface area contributed by atoms with Gasteiger partial charge in [0.15, 0.2) is 0 Å². The number of aromatic nitrogens is 2. The smallest absolute Gasteiger partial charge is 0.274 e. The molecule has 0 aliphatic carbocycles. The summed E-state index contributed by atoms with van der Waals surface area (Å²) in [6.45, 7) is 0.669. The van der Waals surface area contributed by atoms with Gasteiger partial charge >= 0.3 is 0 Å². The topological polar surface area (TPSA) is 38.1 Å². The maximum atomic E-state index is 13.0. The Labute approximate surface area is 127 Å². The Hall–Kier alpha value is -1.88. The van der Waals surface area contributed by atoms with Gasteiger partial charge in [0.1, 0.15) is 11.5 Å². The molecular formula is C15H15ClFN3O. The van der Waals surface area contributed by atoms with Crippen LogP contribution in [0.3, 0.4) is 0 Å². The van der Waals surface area contributed by atoms with E-state index in [0.717, 1.165) is 18.4 Å². The van der Waals surface area contributed by atoms with Gasteiger partial charge in [-0.1, -0.05) is 23.7 Å². The normalized spacial score (nSPS) is 18.2. The summed E-state index contributed by atoms with van der Waals surface area (Å²) in [4.78, 5) is 14.5. The molecule has 0 N–H and O–H groups in total. The van der Waals surface area contributed by atoms with Crippen LogP contribution in [0.5, 0.6) is 0 Å². The lowest BCUT2D eigenvalue weighted by Gasteiger charge is -2.25. The number of benzene rings is 1. The van der Waals surface area contributed by atoms with Crippen molar-refractivity contribution in [1.29, 1.82) is 0 Å². The van der Waals surface area contributed by atoms with Gasteiger partial charge in [0, 0.05) is 13.6 Å². The summed E-state index contributed by atoms with van der Waals surface area (Å²) >= 11 is 6.05. The Bertz CT molecular complexity index is 649. The average Bonchev–Trinajstić information content (AvgIpc) is 3.07. The third kappa shape index (κ3) is 2.53. The van der Waals surface area contributed by atoms with Gasteiger partial charge in [-0.15, -0.1) is 0 Å². The molecule has 1 aromatic heterocycles. The Morgan fingerprint density at radius 2 is 2.10 bits per heavy atom. The Kier molecular flexibility index (Phi) is 3.68. The van der Waals surface area contributed by atoms with Gasteiger partial charge in [-0.2, -0.15) is 5.10 Å². The molecule has 1 atom stereocenters. The maximum Gasteiger partial charge on any atom is 0.274 e. The summed E-state index contributed by atoms with van der Waals surface area (Å²) in [6, 6.07) is 6.28. The highest BCUT2D eigenvalue weighted by Gasteiger charge is 2.32. The first-order valence-electron chi connectivity index (χ1n) is 6.82. The number of hydrogen-bond acceptors (Lipinski definition) is 2. The van der Waals surface area contributed by atoms with Crippen molar-refractivity contribution in [3.05, 3.63) is 52.6 Å². The largest absolute Gasteiger partial charge is 0.330 e. The van der Waals surface area contributed by atoms with Gasteiger partial charge in [-0.05, 0) is 30.5 Å². The molecule has 4 nitrogen and oxygen atoms in total. The van der Waals surface area contributed by atoms with Crippen molar-refractivity contribution in [2.75, 3.05) is 6.54 Å². The van der Waals surface area contributed by atoms with Crippen molar-refractivity contribution < 1.29 is 9.18 Å². The van der Waals surface area contributed by atoms with Crippen LogP contribution >= 0.6 is 11.6 Å². The van der Waals surface area contributed by atoms with Crippen LogP contribution in [-0.2, 0) is 7.05 Å². The van der Waals surface area contributed by atoms with E-state index in [2.05, 4.69) is 5.10 Å². The zero-order valence-corrected chi connectivity index (χ0v) is 12.3. The summed E-state index contributed by atoms with van der Waals surface area (Å²) in [6.07, 6.45) is 3.26. The minimum Gasteiger partial charge on any atom is -0.330 e. The van der Waals surface area contributed by atoms with Crippen LogP contribution in [0.15, 0.2) is 30.5 Å². The molecule has 3 rings (SSSR count). The van der Waals surface area contributed by atoms with Crippen LogP contribution in [0.4, 0.5) is 4.39 Å². The lowest BCUT2D eigenvalue weighted by molar-refractivity contribution is 0.0724. The van der Waals surface area contributed by atoms with Crippen LogP contribution in [0.1, 0.15) is 34.9 Å². The summed E-state index contributed by atoms with van der Waals surface area (Å²) in [5, 5.41) is 4.36. The van der Waals surface area contributed by atoms with Crippen LogP contribution in [0, 0.1) is 5.82 Å². The van der Waals surface area contributed by atoms with Gasteiger partial charge in [0.25, 0.3) is 5.91 Å². The first-order valence-corrected chi connectivity index (χ1v) is 7.19. The van der Waals surface area contributed by atoms with E-state index < -0.39 is 0 Å². The molecule has 110 valence electrons. The van der Waals surface area contributed by atoms with E-state index in [1.807, 2.05) is 0 Å². The highest BCUT2D eigenvalue weighted by atomic mass is 35.5. The second-order valence-corrected chi connectivity index (χ2v) is 5.58. The number of likely N-dealkylation sites (tertiary alicyclic amines) is 1. The second-order valence-electron chi connectivity index (χ2n) is 5.17. The Morgan fingerprint density at radius 1 is 1.38 bits per heavy atom. The van der Waals surface area contributed by atoms with E-state index in [1.54, 1.807) is 24.1 Å². The van der Waals surface area contributed by atoms with Crippen LogP contribution in [0.2, 0.25) is 5.02 Å². The highest BCUT2D eigenvalue weighted by Crippen LogP contribution is 2.34. The number of halogens is 2. The predicted molar refractivity (Wildman–Crippen MR) is 77.6 cm³/mol. The van der Waals surface area contributed by atoms with Crippen LogP contribution in [-0.4, -0.2) is 27.1 Å². The molecule has 0 bridgehead atoms. The standard InChI is InChI=1S/C15H15ClFN3O/c1-19-14(12(16)9-18-19)15(21)20-8-2-3-13(20)10-4-6-11(17)7-5-10/h4-7,9,13H,2-3,8H2,1H3/t13-/m1/s1. The summed E-state index contributed by atoms with van der Waals surface area (Å²) in [5.41, 5.74) is 1.34. The monoisotopic (exact) mass is 307 g/mol. The van der Waals surface area contributed by atoms with E-state index in [0.29, 0.717) is 17.3 Å². The quantitative estimate of drug-likeness (QED) is 0.854. The molecule has 0 radical (unpaired) electrons. The predicted octanol–water partition coefficient (Wildman–Crippen LogP) is 3.19. The van der Waals surface area contributed by atoms with E-state index >= 15 is 0 Å². The SMILES string of the molecule is Cn1ncc(Cl)c1C(=O)N1CCC[C@@H]1c1ccc(F)cc1. The molecule has 21 heavy (non-hydrogen) atoms. The minimum absolute atomic E-state index is 0.0379. The maximum absolute atomic E-state index is 13.0. The molecule has 2 aromatic rings. The summed E-state index contributed by atoms with van der Waals surface area (Å²) in [7, 11) is 1.70. The molecule has 1 amide bonds. The highest BCUT2D eigenvalue weighted by molar-refractivity contribution is 6.33. The number of hydrogen-bond donors (Lipinski definition) is 0. The summed E-state index contributed by atoms with van der Waals surface area (Å²) in [5.74, 6) is -0.406. The average molecular weight is 308 g/mol. The van der Waals surface area contributed by atoms with Crippen molar-refractivity contribution in [3.63, 3.8) is 0 Å². The molecule has 1 aliphatic rings. The second kappa shape index (κ2) is 5.48. The third-order valence-electron chi connectivity index (χ3n) is 3.87. The molecule has 1 aromatic carbocycles. The van der Waals surface area contributed by atoms with Crippen molar-refractivity contribution in [2.45, 2.75) is 18.9 Å². The van der Waals surface area contributed by atoms with Gasteiger partial charge in [0.2, 0.25) is 0 Å². The Balaban J connectivity index is 1.90. The van der Waals surface area contributed by atoms with Crippen molar-refractivity contribution in [2.24, 2.45) is 7.05 Å².